The molecule has 0 saturated heterocycles. The summed E-state index contributed by atoms with van der Waals surface area (Å²) in [7, 11) is 0. The molecular formula is C12H18N2O2. The fraction of sp³-hybridized carbons (Fsp3) is 0.500. The van der Waals surface area contributed by atoms with Gasteiger partial charge in [0.2, 0.25) is 0 Å². The SMILES string of the molecule is CCOc1cc2c(cc1CNN)OC(C)C2. The molecule has 0 amide bonds. The average Bonchev–Trinajstić information content (AvgIpc) is 2.58. The highest BCUT2D eigenvalue weighted by atomic mass is 16.5. The van der Waals surface area contributed by atoms with Crippen molar-refractivity contribution in [3.8, 4) is 11.5 Å². The van der Waals surface area contributed by atoms with Gasteiger partial charge in [-0.1, -0.05) is 0 Å². The van der Waals surface area contributed by atoms with E-state index in [1.807, 2.05) is 13.0 Å². The molecule has 4 nitrogen and oxygen atoms in total. The molecule has 0 aromatic heterocycles. The van der Waals surface area contributed by atoms with E-state index in [4.69, 9.17) is 15.3 Å². The Kier molecular flexibility index (Phi) is 3.31. The highest BCUT2D eigenvalue weighted by molar-refractivity contribution is 5.48. The minimum atomic E-state index is 0.255. The molecule has 0 aliphatic carbocycles. The summed E-state index contributed by atoms with van der Waals surface area (Å²) in [6.45, 7) is 5.29. The third-order valence-electron chi connectivity index (χ3n) is 2.67. The van der Waals surface area contributed by atoms with Crippen LogP contribution in [0.15, 0.2) is 12.1 Å². The summed E-state index contributed by atoms with van der Waals surface area (Å²) >= 11 is 0. The van der Waals surface area contributed by atoms with Crippen LogP contribution in [0, 0.1) is 0 Å². The molecule has 1 unspecified atom stereocenters. The molecule has 0 radical (unpaired) electrons. The standard InChI is InChI=1S/C12H18N2O2/c1-3-15-11-5-9-4-8(2)16-12(9)6-10(11)7-14-13/h5-6,8,14H,3-4,7,13H2,1-2H3. The van der Waals surface area contributed by atoms with Crippen LogP contribution in [-0.2, 0) is 13.0 Å². The molecule has 0 bridgehead atoms. The van der Waals surface area contributed by atoms with Gasteiger partial charge in [-0.2, -0.15) is 0 Å². The van der Waals surface area contributed by atoms with Crippen LogP contribution in [0.3, 0.4) is 0 Å². The van der Waals surface area contributed by atoms with E-state index in [1.54, 1.807) is 0 Å². The summed E-state index contributed by atoms with van der Waals surface area (Å²) in [5.74, 6) is 7.21. The maximum Gasteiger partial charge on any atom is 0.124 e. The zero-order chi connectivity index (χ0) is 11.5. The zero-order valence-corrected chi connectivity index (χ0v) is 9.75. The lowest BCUT2D eigenvalue weighted by Crippen LogP contribution is -2.21. The Morgan fingerprint density at radius 2 is 2.38 bits per heavy atom. The van der Waals surface area contributed by atoms with E-state index in [1.165, 1.54) is 5.56 Å². The van der Waals surface area contributed by atoms with Crippen LogP contribution in [0.25, 0.3) is 0 Å². The predicted octanol–water partition coefficient (Wildman–Crippen LogP) is 1.37. The van der Waals surface area contributed by atoms with E-state index in [-0.39, 0.29) is 6.10 Å². The molecule has 1 atom stereocenters. The Labute approximate surface area is 95.7 Å². The van der Waals surface area contributed by atoms with Crippen LogP contribution in [0.1, 0.15) is 25.0 Å². The van der Waals surface area contributed by atoms with Crippen LogP contribution in [-0.4, -0.2) is 12.7 Å². The third kappa shape index (κ3) is 2.13. The van der Waals surface area contributed by atoms with Gasteiger partial charge < -0.3 is 9.47 Å². The van der Waals surface area contributed by atoms with Crippen molar-refractivity contribution < 1.29 is 9.47 Å². The number of hydrogen-bond acceptors (Lipinski definition) is 4. The second-order valence-corrected chi connectivity index (χ2v) is 4.01. The summed E-state index contributed by atoms with van der Waals surface area (Å²) in [4.78, 5) is 0. The van der Waals surface area contributed by atoms with Crippen LogP contribution >= 0.6 is 0 Å². The van der Waals surface area contributed by atoms with Crippen molar-refractivity contribution in [2.24, 2.45) is 5.84 Å². The van der Waals surface area contributed by atoms with Gasteiger partial charge in [0.05, 0.1) is 6.61 Å². The maximum atomic E-state index is 5.70. The smallest absolute Gasteiger partial charge is 0.124 e. The van der Waals surface area contributed by atoms with Gasteiger partial charge in [0.15, 0.2) is 0 Å². The van der Waals surface area contributed by atoms with Crippen molar-refractivity contribution in [2.75, 3.05) is 6.61 Å². The predicted molar refractivity (Wildman–Crippen MR) is 62.4 cm³/mol. The van der Waals surface area contributed by atoms with Crippen molar-refractivity contribution >= 4 is 0 Å². The number of nitrogens with two attached hydrogens (primary N) is 1. The molecule has 88 valence electrons. The molecule has 1 aliphatic heterocycles. The van der Waals surface area contributed by atoms with Crippen molar-refractivity contribution in [2.45, 2.75) is 32.9 Å². The van der Waals surface area contributed by atoms with Gasteiger partial charge in [-0.3, -0.25) is 11.3 Å². The van der Waals surface area contributed by atoms with Gasteiger partial charge in [0.1, 0.15) is 17.6 Å². The first-order chi connectivity index (χ1) is 7.74. The van der Waals surface area contributed by atoms with E-state index in [0.29, 0.717) is 13.2 Å². The lowest BCUT2D eigenvalue weighted by Gasteiger charge is -2.12. The van der Waals surface area contributed by atoms with Crippen LogP contribution in [0.2, 0.25) is 0 Å². The molecule has 0 spiro atoms. The molecule has 3 N–H and O–H groups in total. The summed E-state index contributed by atoms with van der Waals surface area (Å²) in [6.07, 6.45) is 1.21. The molecule has 1 heterocycles. The molecular weight excluding hydrogens is 204 g/mol. The second-order valence-electron chi connectivity index (χ2n) is 4.01. The van der Waals surface area contributed by atoms with Gasteiger partial charge in [0, 0.05) is 24.1 Å². The fourth-order valence-corrected chi connectivity index (χ4v) is 2.02. The molecule has 1 aromatic carbocycles. The summed E-state index contributed by atoms with van der Waals surface area (Å²) in [6, 6.07) is 4.08. The van der Waals surface area contributed by atoms with Gasteiger partial charge >= 0.3 is 0 Å². The molecule has 16 heavy (non-hydrogen) atoms. The number of ether oxygens (including phenoxy) is 2. The molecule has 0 fully saturated rings. The largest absolute Gasteiger partial charge is 0.494 e. The summed E-state index contributed by atoms with van der Waals surface area (Å²) in [5.41, 5.74) is 4.91. The van der Waals surface area contributed by atoms with E-state index in [0.717, 1.165) is 23.5 Å². The highest BCUT2D eigenvalue weighted by Gasteiger charge is 2.21. The minimum absolute atomic E-state index is 0.255. The fourth-order valence-electron chi connectivity index (χ4n) is 2.02. The summed E-state index contributed by atoms with van der Waals surface area (Å²) in [5, 5.41) is 0. The lowest BCUT2D eigenvalue weighted by atomic mass is 10.1. The highest BCUT2D eigenvalue weighted by Crippen LogP contribution is 2.34. The van der Waals surface area contributed by atoms with E-state index < -0.39 is 0 Å². The second kappa shape index (κ2) is 4.72. The molecule has 4 heteroatoms. The lowest BCUT2D eigenvalue weighted by molar-refractivity contribution is 0.254. The number of hydrogen-bond donors (Lipinski definition) is 2. The van der Waals surface area contributed by atoms with Crippen molar-refractivity contribution in [3.05, 3.63) is 23.3 Å². The Morgan fingerprint density at radius 3 is 3.06 bits per heavy atom. The third-order valence-corrected chi connectivity index (χ3v) is 2.67. The van der Waals surface area contributed by atoms with E-state index in [9.17, 15) is 0 Å². The Bertz CT molecular complexity index is 345. The number of benzene rings is 1. The first-order valence-corrected chi connectivity index (χ1v) is 5.63. The van der Waals surface area contributed by atoms with Crippen molar-refractivity contribution in [3.63, 3.8) is 0 Å². The normalized spacial score (nSPS) is 18.1. The molecule has 1 aliphatic rings. The number of nitrogens with one attached hydrogen (secondary N) is 1. The number of fused-ring (bicyclic) bond motifs is 1. The van der Waals surface area contributed by atoms with Crippen LogP contribution < -0.4 is 20.7 Å². The maximum absolute atomic E-state index is 5.70. The minimum Gasteiger partial charge on any atom is -0.494 e. The number of hydrazine groups is 1. The average molecular weight is 222 g/mol. The van der Waals surface area contributed by atoms with Crippen molar-refractivity contribution in [1.29, 1.82) is 0 Å². The quantitative estimate of drug-likeness (QED) is 0.597. The zero-order valence-electron chi connectivity index (χ0n) is 9.75. The van der Waals surface area contributed by atoms with Crippen molar-refractivity contribution in [1.82, 2.24) is 5.43 Å². The molecule has 0 saturated carbocycles. The summed E-state index contributed by atoms with van der Waals surface area (Å²) < 4.78 is 11.3. The molecule has 2 rings (SSSR count). The topological polar surface area (TPSA) is 56.5 Å². The monoisotopic (exact) mass is 222 g/mol. The van der Waals surface area contributed by atoms with Gasteiger partial charge in [-0.25, -0.2) is 0 Å². The first kappa shape index (κ1) is 11.2. The van der Waals surface area contributed by atoms with Gasteiger partial charge in [-0.05, 0) is 26.0 Å². The van der Waals surface area contributed by atoms with Gasteiger partial charge in [-0.15, -0.1) is 0 Å². The Hall–Kier alpha value is -1.26. The first-order valence-electron chi connectivity index (χ1n) is 5.63. The van der Waals surface area contributed by atoms with Crippen LogP contribution in [0.4, 0.5) is 0 Å². The Balaban J connectivity index is 2.33. The molecule has 1 aromatic rings. The van der Waals surface area contributed by atoms with E-state index >= 15 is 0 Å². The van der Waals surface area contributed by atoms with E-state index in [2.05, 4.69) is 18.4 Å². The van der Waals surface area contributed by atoms with Gasteiger partial charge in [0.25, 0.3) is 0 Å². The van der Waals surface area contributed by atoms with Crippen LogP contribution in [0.5, 0.6) is 11.5 Å². The number of rotatable bonds is 4. The Morgan fingerprint density at radius 1 is 1.56 bits per heavy atom.